The van der Waals surface area contributed by atoms with Crippen LogP contribution in [0.1, 0.15) is 9.80 Å². The van der Waals surface area contributed by atoms with Gasteiger partial charge in [-0.25, -0.2) is 0 Å². The molecule has 0 bridgehead atoms. The Bertz CT molecular complexity index is 333. The second-order valence-corrected chi connectivity index (χ2v) is 4.24. The molecule has 1 aromatic heterocycles. The van der Waals surface area contributed by atoms with Crippen molar-refractivity contribution in [2.45, 2.75) is 6.10 Å². The molecule has 1 aromatic rings. The molecule has 0 saturated heterocycles. The predicted octanol–water partition coefficient (Wildman–Crippen LogP) is -0.0714. The number of hydrogen-bond acceptors (Lipinski definition) is 6. The summed E-state index contributed by atoms with van der Waals surface area (Å²) in [4.78, 5) is 11.4. The van der Waals surface area contributed by atoms with Crippen LogP contribution in [0.2, 0.25) is 4.47 Å². The zero-order chi connectivity index (χ0) is 11.3. The summed E-state index contributed by atoms with van der Waals surface area (Å²) in [5, 5.41) is 18.9. The maximum Gasteiger partial charge on any atom is 0.282 e. The highest BCUT2D eigenvalue weighted by molar-refractivity contribution is 7.17. The molecule has 0 fully saturated rings. The number of aliphatic hydroxyl groups is 1. The standard InChI is InChI=1S/C7H10ClN3O3S/c1-14-3-4(12)2-9-5(13)6-10-11-7(8)15-6/h4,12H,2-3H2,1H3,(H,9,13). The molecule has 0 aliphatic rings. The van der Waals surface area contributed by atoms with Crippen molar-refractivity contribution in [1.82, 2.24) is 15.5 Å². The van der Waals surface area contributed by atoms with Crippen LogP contribution in [0.15, 0.2) is 0 Å². The van der Waals surface area contributed by atoms with Crippen LogP contribution in [0.3, 0.4) is 0 Å². The molecule has 0 radical (unpaired) electrons. The highest BCUT2D eigenvalue weighted by Gasteiger charge is 2.13. The van der Waals surface area contributed by atoms with Gasteiger partial charge in [0.15, 0.2) is 0 Å². The van der Waals surface area contributed by atoms with E-state index in [0.29, 0.717) is 0 Å². The Balaban J connectivity index is 2.36. The predicted molar refractivity (Wildman–Crippen MR) is 55.1 cm³/mol. The lowest BCUT2D eigenvalue weighted by Gasteiger charge is -2.09. The van der Waals surface area contributed by atoms with Gasteiger partial charge in [0.2, 0.25) is 9.47 Å². The van der Waals surface area contributed by atoms with Crippen molar-refractivity contribution < 1.29 is 14.6 Å². The summed E-state index contributed by atoms with van der Waals surface area (Å²) < 4.78 is 4.90. The van der Waals surface area contributed by atoms with Crippen LogP contribution in [-0.2, 0) is 4.74 Å². The van der Waals surface area contributed by atoms with Crippen LogP contribution < -0.4 is 5.32 Å². The summed E-state index contributed by atoms with van der Waals surface area (Å²) in [6, 6.07) is 0. The molecule has 0 aromatic carbocycles. The lowest BCUT2D eigenvalue weighted by molar-refractivity contribution is 0.0609. The summed E-state index contributed by atoms with van der Waals surface area (Å²) in [6.45, 7) is 0.265. The van der Waals surface area contributed by atoms with Crippen LogP contribution in [0.25, 0.3) is 0 Å². The molecule has 1 unspecified atom stereocenters. The van der Waals surface area contributed by atoms with Gasteiger partial charge >= 0.3 is 0 Å². The van der Waals surface area contributed by atoms with E-state index in [1.807, 2.05) is 0 Å². The van der Waals surface area contributed by atoms with Gasteiger partial charge < -0.3 is 15.2 Å². The number of carbonyl (C=O) groups excluding carboxylic acids is 1. The van der Waals surface area contributed by atoms with Gasteiger partial charge in [-0.3, -0.25) is 4.79 Å². The number of rotatable bonds is 5. The first-order valence-corrected chi connectivity index (χ1v) is 5.27. The number of aromatic nitrogens is 2. The van der Waals surface area contributed by atoms with Gasteiger partial charge in [0.05, 0.1) is 12.7 Å². The van der Waals surface area contributed by atoms with Gasteiger partial charge in [0.1, 0.15) is 0 Å². The first kappa shape index (κ1) is 12.3. The van der Waals surface area contributed by atoms with Gasteiger partial charge in [-0.2, -0.15) is 0 Å². The number of nitrogens with one attached hydrogen (secondary N) is 1. The quantitative estimate of drug-likeness (QED) is 0.765. The number of nitrogens with zero attached hydrogens (tertiary/aromatic N) is 2. The summed E-state index contributed by atoms with van der Waals surface area (Å²) in [5.41, 5.74) is 0. The van der Waals surface area contributed by atoms with E-state index in [1.54, 1.807) is 0 Å². The van der Waals surface area contributed by atoms with Gasteiger partial charge in [0, 0.05) is 13.7 Å². The summed E-state index contributed by atoms with van der Waals surface area (Å²) in [5.74, 6) is -0.408. The maximum absolute atomic E-state index is 11.4. The minimum Gasteiger partial charge on any atom is -0.389 e. The van der Waals surface area contributed by atoms with E-state index in [9.17, 15) is 9.90 Å². The molecular formula is C7H10ClN3O3S. The van der Waals surface area contributed by atoms with Crippen LogP contribution in [-0.4, -0.2) is 47.6 Å². The van der Waals surface area contributed by atoms with E-state index < -0.39 is 12.0 Å². The zero-order valence-corrected chi connectivity index (χ0v) is 9.51. The number of amides is 1. The largest absolute Gasteiger partial charge is 0.389 e. The molecular weight excluding hydrogens is 242 g/mol. The van der Waals surface area contributed by atoms with Crippen molar-refractivity contribution in [3.05, 3.63) is 9.47 Å². The summed E-state index contributed by atoms with van der Waals surface area (Å²) in [6.07, 6.45) is -0.734. The van der Waals surface area contributed by atoms with Crippen molar-refractivity contribution in [1.29, 1.82) is 0 Å². The number of carbonyl (C=O) groups is 1. The molecule has 0 aliphatic carbocycles. The monoisotopic (exact) mass is 251 g/mol. The fourth-order valence-corrected chi connectivity index (χ4v) is 1.58. The van der Waals surface area contributed by atoms with Crippen molar-refractivity contribution in [3.63, 3.8) is 0 Å². The third-order valence-corrected chi connectivity index (χ3v) is 2.47. The molecule has 1 amide bonds. The van der Waals surface area contributed by atoms with Crippen molar-refractivity contribution in [2.75, 3.05) is 20.3 Å². The zero-order valence-electron chi connectivity index (χ0n) is 7.94. The van der Waals surface area contributed by atoms with Gasteiger partial charge in [-0.15, -0.1) is 10.2 Å². The van der Waals surface area contributed by atoms with Crippen LogP contribution >= 0.6 is 22.9 Å². The SMILES string of the molecule is COCC(O)CNC(=O)c1nnc(Cl)s1. The molecule has 1 heterocycles. The van der Waals surface area contributed by atoms with Crippen molar-refractivity contribution >= 4 is 28.8 Å². The number of aliphatic hydroxyl groups excluding tert-OH is 1. The fraction of sp³-hybridized carbons (Fsp3) is 0.571. The summed E-state index contributed by atoms with van der Waals surface area (Å²) >= 11 is 6.49. The average Bonchev–Trinajstić information content (AvgIpc) is 2.62. The van der Waals surface area contributed by atoms with E-state index >= 15 is 0 Å². The molecule has 0 saturated carbocycles. The van der Waals surface area contributed by atoms with Crippen LogP contribution in [0.5, 0.6) is 0 Å². The average molecular weight is 252 g/mol. The Morgan fingerprint density at radius 2 is 2.47 bits per heavy atom. The molecule has 0 spiro atoms. The molecule has 1 rings (SSSR count). The third kappa shape index (κ3) is 4.08. The van der Waals surface area contributed by atoms with E-state index in [1.165, 1.54) is 7.11 Å². The second kappa shape index (κ2) is 5.96. The van der Waals surface area contributed by atoms with Gasteiger partial charge in [-0.05, 0) is 11.6 Å². The first-order chi connectivity index (χ1) is 7.13. The topological polar surface area (TPSA) is 84.3 Å². The normalized spacial score (nSPS) is 12.5. The number of halogens is 1. The Kier molecular flexibility index (Phi) is 4.89. The van der Waals surface area contributed by atoms with Gasteiger partial charge in [-0.1, -0.05) is 11.3 Å². The third-order valence-electron chi connectivity index (χ3n) is 1.45. The molecule has 84 valence electrons. The number of hydrogen-bond donors (Lipinski definition) is 2. The minimum absolute atomic E-state index is 0.101. The summed E-state index contributed by atoms with van der Waals surface area (Å²) in [7, 11) is 1.47. The van der Waals surface area contributed by atoms with E-state index in [-0.39, 0.29) is 22.6 Å². The molecule has 2 N–H and O–H groups in total. The fourth-order valence-electron chi connectivity index (χ4n) is 0.835. The highest BCUT2D eigenvalue weighted by Crippen LogP contribution is 2.14. The molecule has 0 aliphatic heterocycles. The van der Waals surface area contributed by atoms with E-state index in [2.05, 4.69) is 15.5 Å². The Labute approximate surface area is 95.2 Å². The lowest BCUT2D eigenvalue weighted by atomic mass is 10.4. The smallest absolute Gasteiger partial charge is 0.282 e. The number of ether oxygens (including phenoxy) is 1. The lowest BCUT2D eigenvalue weighted by Crippen LogP contribution is -2.34. The Morgan fingerprint density at radius 3 is 3.00 bits per heavy atom. The maximum atomic E-state index is 11.4. The molecule has 1 atom stereocenters. The molecule has 8 heteroatoms. The van der Waals surface area contributed by atoms with E-state index in [0.717, 1.165) is 11.3 Å². The molecule has 15 heavy (non-hydrogen) atoms. The van der Waals surface area contributed by atoms with Crippen molar-refractivity contribution in [2.24, 2.45) is 0 Å². The first-order valence-electron chi connectivity index (χ1n) is 4.07. The number of methoxy groups -OCH3 is 1. The Hall–Kier alpha value is -0.760. The van der Waals surface area contributed by atoms with E-state index in [4.69, 9.17) is 16.3 Å². The second-order valence-electron chi connectivity index (χ2n) is 2.68. The Morgan fingerprint density at radius 1 is 1.73 bits per heavy atom. The van der Waals surface area contributed by atoms with Crippen LogP contribution in [0, 0.1) is 0 Å². The van der Waals surface area contributed by atoms with Crippen LogP contribution in [0.4, 0.5) is 0 Å². The van der Waals surface area contributed by atoms with Gasteiger partial charge in [0.25, 0.3) is 5.91 Å². The molecule has 6 nitrogen and oxygen atoms in total. The van der Waals surface area contributed by atoms with Crippen molar-refractivity contribution in [3.8, 4) is 0 Å². The highest BCUT2D eigenvalue weighted by atomic mass is 35.5. The minimum atomic E-state index is -0.734.